The molecule has 4 heteroatoms. The molecule has 1 saturated heterocycles. The van der Waals surface area contributed by atoms with Crippen molar-refractivity contribution in [2.24, 2.45) is 5.73 Å². The van der Waals surface area contributed by atoms with Gasteiger partial charge in [0.1, 0.15) is 5.75 Å². The molecule has 0 saturated carbocycles. The van der Waals surface area contributed by atoms with Crippen LogP contribution in [0.4, 0.5) is 5.69 Å². The van der Waals surface area contributed by atoms with Crippen molar-refractivity contribution in [2.75, 3.05) is 44.7 Å². The Morgan fingerprint density at radius 1 is 1.19 bits per heavy atom. The van der Waals surface area contributed by atoms with Gasteiger partial charge >= 0.3 is 0 Å². The molecule has 0 amide bonds. The fourth-order valence-electron chi connectivity index (χ4n) is 3.43. The van der Waals surface area contributed by atoms with Crippen LogP contribution in [-0.2, 0) is 6.42 Å². The lowest BCUT2D eigenvalue weighted by Gasteiger charge is -2.35. The van der Waals surface area contributed by atoms with Crippen molar-refractivity contribution in [1.82, 2.24) is 4.90 Å². The van der Waals surface area contributed by atoms with Crippen molar-refractivity contribution in [3.8, 4) is 5.75 Å². The minimum absolute atomic E-state index is 0.418. The van der Waals surface area contributed by atoms with Gasteiger partial charge in [-0.05, 0) is 50.4 Å². The first-order valence-corrected chi connectivity index (χ1v) is 8.16. The number of nitrogens with two attached hydrogens (primary N) is 1. The Morgan fingerprint density at radius 2 is 2.00 bits per heavy atom. The molecular weight excluding hydrogens is 262 g/mol. The van der Waals surface area contributed by atoms with E-state index in [2.05, 4.69) is 28.0 Å². The van der Waals surface area contributed by atoms with Crippen molar-refractivity contribution in [1.29, 1.82) is 0 Å². The topological polar surface area (TPSA) is 41.7 Å². The highest BCUT2D eigenvalue weighted by atomic mass is 16.5. The first-order valence-electron chi connectivity index (χ1n) is 8.16. The van der Waals surface area contributed by atoms with Crippen LogP contribution in [-0.4, -0.2) is 50.8 Å². The molecule has 0 aromatic heterocycles. The monoisotopic (exact) mass is 289 g/mol. The SMILES string of the molecule is COc1ccc2c(c1)N(CCN1CCC(N)CC1)CCC2. The molecule has 21 heavy (non-hydrogen) atoms. The molecule has 1 aromatic rings. The zero-order valence-electron chi connectivity index (χ0n) is 13.1. The molecule has 2 aliphatic rings. The third kappa shape index (κ3) is 3.50. The van der Waals surface area contributed by atoms with Crippen molar-refractivity contribution >= 4 is 5.69 Å². The molecule has 2 heterocycles. The lowest BCUT2D eigenvalue weighted by Crippen LogP contribution is -2.44. The van der Waals surface area contributed by atoms with Gasteiger partial charge in [0.25, 0.3) is 0 Å². The molecule has 3 rings (SSSR count). The van der Waals surface area contributed by atoms with E-state index in [1.165, 1.54) is 24.1 Å². The summed E-state index contributed by atoms with van der Waals surface area (Å²) in [6.07, 6.45) is 4.73. The molecule has 2 aliphatic heterocycles. The van der Waals surface area contributed by atoms with E-state index in [4.69, 9.17) is 10.5 Å². The second-order valence-electron chi connectivity index (χ2n) is 6.26. The first kappa shape index (κ1) is 14.7. The molecule has 0 aliphatic carbocycles. The maximum atomic E-state index is 5.98. The molecule has 0 unspecified atom stereocenters. The third-order valence-electron chi connectivity index (χ3n) is 4.83. The number of hydrogen-bond donors (Lipinski definition) is 1. The Kier molecular flexibility index (Phi) is 4.66. The number of hydrogen-bond acceptors (Lipinski definition) is 4. The minimum atomic E-state index is 0.418. The first-order chi connectivity index (χ1) is 10.3. The normalized spacial score (nSPS) is 20.4. The summed E-state index contributed by atoms with van der Waals surface area (Å²) in [5.74, 6) is 0.963. The van der Waals surface area contributed by atoms with Crippen LogP contribution < -0.4 is 15.4 Å². The van der Waals surface area contributed by atoms with Gasteiger partial charge in [0.15, 0.2) is 0 Å². The predicted octanol–water partition coefficient (Wildman–Crippen LogP) is 1.87. The summed E-state index contributed by atoms with van der Waals surface area (Å²) in [5, 5.41) is 0. The molecule has 0 bridgehead atoms. The summed E-state index contributed by atoms with van der Waals surface area (Å²) in [7, 11) is 1.74. The molecule has 1 aromatic carbocycles. The summed E-state index contributed by atoms with van der Waals surface area (Å²) in [5.41, 5.74) is 8.81. The van der Waals surface area contributed by atoms with Crippen molar-refractivity contribution < 1.29 is 4.74 Å². The summed E-state index contributed by atoms with van der Waals surface area (Å²) < 4.78 is 5.38. The van der Waals surface area contributed by atoms with E-state index in [9.17, 15) is 0 Å². The maximum absolute atomic E-state index is 5.98. The molecule has 1 fully saturated rings. The van der Waals surface area contributed by atoms with Crippen LogP contribution in [0.3, 0.4) is 0 Å². The van der Waals surface area contributed by atoms with Crippen LogP contribution in [0, 0.1) is 0 Å². The summed E-state index contributed by atoms with van der Waals surface area (Å²) in [6.45, 7) is 5.71. The van der Waals surface area contributed by atoms with Crippen LogP contribution in [0.25, 0.3) is 0 Å². The average molecular weight is 289 g/mol. The lowest BCUT2D eigenvalue weighted by molar-refractivity contribution is 0.217. The van der Waals surface area contributed by atoms with Gasteiger partial charge in [0, 0.05) is 37.4 Å². The van der Waals surface area contributed by atoms with Crippen LogP contribution in [0.1, 0.15) is 24.8 Å². The van der Waals surface area contributed by atoms with E-state index in [0.717, 1.165) is 51.3 Å². The highest BCUT2D eigenvalue weighted by Crippen LogP contribution is 2.30. The van der Waals surface area contributed by atoms with E-state index in [1.54, 1.807) is 7.11 Å². The largest absolute Gasteiger partial charge is 0.497 e. The molecule has 2 N–H and O–H groups in total. The van der Waals surface area contributed by atoms with Crippen LogP contribution in [0.2, 0.25) is 0 Å². The zero-order chi connectivity index (χ0) is 14.7. The quantitative estimate of drug-likeness (QED) is 0.919. The number of rotatable bonds is 4. The maximum Gasteiger partial charge on any atom is 0.120 e. The summed E-state index contributed by atoms with van der Waals surface area (Å²) in [4.78, 5) is 5.08. The number of likely N-dealkylation sites (tertiary alicyclic amines) is 1. The molecule has 0 spiro atoms. The van der Waals surface area contributed by atoms with Gasteiger partial charge in [0.05, 0.1) is 7.11 Å². The Hall–Kier alpha value is -1.26. The second kappa shape index (κ2) is 6.67. The number of methoxy groups -OCH3 is 1. The standard InChI is InChI=1S/C17H27N3O/c1-21-16-5-4-14-3-2-8-20(17(14)13-16)12-11-19-9-6-15(18)7-10-19/h4-5,13,15H,2-3,6-12,18H2,1H3. The van der Waals surface area contributed by atoms with E-state index in [1.807, 2.05) is 0 Å². The van der Waals surface area contributed by atoms with E-state index in [-0.39, 0.29) is 0 Å². The fourth-order valence-corrected chi connectivity index (χ4v) is 3.43. The molecule has 0 radical (unpaired) electrons. The Morgan fingerprint density at radius 3 is 2.76 bits per heavy atom. The number of benzene rings is 1. The van der Waals surface area contributed by atoms with Crippen LogP contribution >= 0.6 is 0 Å². The number of aryl methyl sites for hydroxylation is 1. The third-order valence-corrected chi connectivity index (χ3v) is 4.83. The number of fused-ring (bicyclic) bond motifs is 1. The highest BCUT2D eigenvalue weighted by Gasteiger charge is 2.20. The predicted molar refractivity (Wildman–Crippen MR) is 87.2 cm³/mol. The molecule has 116 valence electrons. The number of anilines is 1. The number of piperidine rings is 1. The van der Waals surface area contributed by atoms with Crippen molar-refractivity contribution in [3.63, 3.8) is 0 Å². The van der Waals surface area contributed by atoms with Gasteiger partial charge in [-0.3, -0.25) is 0 Å². The van der Waals surface area contributed by atoms with Crippen LogP contribution in [0.15, 0.2) is 18.2 Å². The average Bonchev–Trinajstić information content (AvgIpc) is 2.54. The lowest BCUT2D eigenvalue weighted by atomic mass is 10.0. The highest BCUT2D eigenvalue weighted by molar-refractivity contribution is 5.58. The second-order valence-corrected chi connectivity index (χ2v) is 6.26. The summed E-state index contributed by atoms with van der Waals surface area (Å²) >= 11 is 0. The van der Waals surface area contributed by atoms with Gasteiger partial charge in [0.2, 0.25) is 0 Å². The molecular formula is C17H27N3O. The van der Waals surface area contributed by atoms with E-state index in [0.29, 0.717) is 6.04 Å². The summed E-state index contributed by atoms with van der Waals surface area (Å²) in [6, 6.07) is 6.91. The van der Waals surface area contributed by atoms with Crippen molar-refractivity contribution in [3.05, 3.63) is 23.8 Å². The minimum Gasteiger partial charge on any atom is -0.497 e. The van der Waals surface area contributed by atoms with Gasteiger partial charge in [-0.2, -0.15) is 0 Å². The zero-order valence-corrected chi connectivity index (χ0v) is 13.1. The molecule has 0 atom stereocenters. The molecule has 4 nitrogen and oxygen atoms in total. The van der Waals surface area contributed by atoms with Gasteiger partial charge in [-0.15, -0.1) is 0 Å². The fraction of sp³-hybridized carbons (Fsp3) is 0.647. The van der Waals surface area contributed by atoms with E-state index < -0.39 is 0 Å². The van der Waals surface area contributed by atoms with E-state index >= 15 is 0 Å². The van der Waals surface area contributed by atoms with Gasteiger partial charge in [-0.25, -0.2) is 0 Å². The number of ether oxygens (including phenoxy) is 1. The van der Waals surface area contributed by atoms with Crippen molar-refractivity contribution in [2.45, 2.75) is 31.7 Å². The van der Waals surface area contributed by atoms with Crippen LogP contribution in [0.5, 0.6) is 5.75 Å². The Balaban J connectivity index is 1.62. The Labute approximate surface area is 127 Å². The number of nitrogens with zero attached hydrogens (tertiary/aromatic N) is 2. The Bertz CT molecular complexity index is 469. The van der Waals surface area contributed by atoms with Gasteiger partial charge < -0.3 is 20.3 Å². The van der Waals surface area contributed by atoms with Gasteiger partial charge in [-0.1, -0.05) is 6.07 Å². The smallest absolute Gasteiger partial charge is 0.120 e.